The number of hydrogen-bond acceptors (Lipinski definition) is 3. The van der Waals surface area contributed by atoms with Crippen LogP contribution in [0.4, 0.5) is 0 Å². The average molecular weight is 303 g/mol. The van der Waals surface area contributed by atoms with E-state index < -0.39 is 0 Å². The van der Waals surface area contributed by atoms with Gasteiger partial charge in [0.2, 0.25) is 0 Å². The number of furan rings is 1. The maximum absolute atomic E-state index is 5.47. The minimum absolute atomic E-state index is 0.877. The molecule has 106 valence electrons. The summed E-state index contributed by atoms with van der Waals surface area (Å²) in [5.74, 6) is 0.877. The fourth-order valence-electron chi connectivity index (χ4n) is 2.40. The number of rotatable bonds is 3. The third-order valence-electron chi connectivity index (χ3n) is 3.49. The first kappa shape index (κ1) is 13.0. The largest absolute Gasteiger partial charge is 0.464 e. The Morgan fingerprint density at radius 1 is 0.773 bits per heavy atom. The molecule has 2 heterocycles. The summed E-state index contributed by atoms with van der Waals surface area (Å²) in [5.41, 5.74) is 4.34. The summed E-state index contributed by atoms with van der Waals surface area (Å²) in [4.78, 5) is 4.76. The molecular weight excluding hydrogens is 290 g/mol. The van der Waals surface area contributed by atoms with Crippen LogP contribution in [-0.4, -0.2) is 4.98 Å². The molecule has 4 aromatic rings. The Morgan fingerprint density at radius 2 is 1.59 bits per heavy atom. The molecule has 2 aromatic carbocycles. The topological polar surface area (TPSA) is 26.0 Å². The predicted molar refractivity (Wildman–Crippen MR) is 90.7 cm³/mol. The van der Waals surface area contributed by atoms with Crippen molar-refractivity contribution in [1.82, 2.24) is 4.98 Å². The zero-order valence-electron chi connectivity index (χ0n) is 11.8. The van der Waals surface area contributed by atoms with Crippen molar-refractivity contribution in [3.05, 3.63) is 78.4 Å². The third kappa shape index (κ3) is 2.47. The van der Waals surface area contributed by atoms with Crippen LogP contribution in [0, 0.1) is 0 Å². The Balaban J connectivity index is 1.71. The van der Waals surface area contributed by atoms with Crippen LogP contribution in [0.15, 0.2) is 82.8 Å². The molecule has 0 spiro atoms. The van der Waals surface area contributed by atoms with Crippen molar-refractivity contribution in [3.8, 4) is 33.2 Å². The number of aromatic nitrogens is 1. The Labute approximate surface area is 132 Å². The van der Waals surface area contributed by atoms with Gasteiger partial charge in [-0.25, -0.2) is 4.98 Å². The van der Waals surface area contributed by atoms with E-state index >= 15 is 0 Å². The first-order chi connectivity index (χ1) is 10.9. The van der Waals surface area contributed by atoms with Crippen LogP contribution in [0.5, 0.6) is 0 Å². The lowest BCUT2D eigenvalue weighted by molar-refractivity contribution is 0.582. The van der Waals surface area contributed by atoms with Crippen LogP contribution in [-0.2, 0) is 0 Å². The Hall–Kier alpha value is -2.65. The van der Waals surface area contributed by atoms with Crippen molar-refractivity contribution in [2.75, 3.05) is 0 Å². The van der Waals surface area contributed by atoms with Gasteiger partial charge in [-0.2, -0.15) is 0 Å². The standard InChI is InChI=1S/C19H13NOS/c1-2-6-14(7-3-1)17-13-22-19(20-17)16-9-4-8-15(12-16)18-10-5-11-21-18/h1-13H. The molecule has 0 amide bonds. The molecule has 0 bridgehead atoms. The van der Waals surface area contributed by atoms with Gasteiger partial charge in [0.05, 0.1) is 12.0 Å². The molecule has 0 saturated heterocycles. The molecule has 0 saturated carbocycles. The Bertz CT molecular complexity index is 879. The van der Waals surface area contributed by atoms with E-state index in [1.54, 1.807) is 17.6 Å². The first-order valence-corrected chi connectivity index (χ1v) is 7.93. The average Bonchev–Trinajstić information content (AvgIpc) is 3.28. The smallest absolute Gasteiger partial charge is 0.133 e. The monoisotopic (exact) mass is 303 g/mol. The van der Waals surface area contributed by atoms with Crippen LogP contribution in [0.2, 0.25) is 0 Å². The normalized spacial score (nSPS) is 10.7. The first-order valence-electron chi connectivity index (χ1n) is 7.05. The second kappa shape index (κ2) is 5.62. The third-order valence-corrected chi connectivity index (χ3v) is 4.38. The van der Waals surface area contributed by atoms with Crippen molar-refractivity contribution in [2.45, 2.75) is 0 Å². The summed E-state index contributed by atoms with van der Waals surface area (Å²) in [6, 6.07) is 22.4. The Kier molecular flexibility index (Phi) is 3.33. The van der Waals surface area contributed by atoms with E-state index in [0.29, 0.717) is 0 Å². The van der Waals surface area contributed by atoms with E-state index in [9.17, 15) is 0 Å². The summed E-state index contributed by atoms with van der Waals surface area (Å²) in [7, 11) is 0. The van der Waals surface area contributed by atoms with Crippen molar-refractivity contribution in [1.29, 1.82) is 0 Å². The fraction of sp³-hybridized carbons (Fsp3) is 0. The minimum Gasteiger partial charge on any atom is -0.464 e. The molecule has 0 N–H and O–H groups in total. The Morgan fingerprint density at radius 3 is 2.41 bits per heavy atom. The molecule has 0 atom stereocenters. The molecule has 3 heteroatoms. The van der Waals surface area contributed by atoms with E-state index in [0.717, 1.165) is 33.2 Å². The molecule has 0 unspecified atom stereocenters. The van der Waals surface area contributed by atoms with Gasteiger partial charge in [-0.1, -0.05) is 48.5 Å². The van der Waals surface area contributed by atoms with Gasteiger partial charge in [0.25, 0.3) is 0 Å². The highest BCUT2D eigenvalue weighted by Crippen LogP contribution is 2.31. The van der Waals surface area contributed by atoms with E-state index in [2.05, 4.69) is 29.6 Å². The summed E-state index contributed by atoms with van der Waals surface area (Å²) in [6.45, 7) is 0. The minimum atomic E-state index is 0.877. The predicted octanol–water partition coefficient (Wildman–Crippen LogP) is 5.74. The van der Waals surface area contributed by atoms with E-state index in [1.165, 1.54) is 0 Å². The quantitative estimate of drug-likeness (QED) is 0.482. The maximum atomic E-state index is 5.47. The molecular formula is C19H13NOS. The number of nitrogens with zero attached hydrogens (tertiary/aromatic N) is 1. The molecule has 0 aliphatic carbocycles. The van der Waals surface area contributed by atoms with Gasteiger partial charge in [0, 0.05) is 22.1 Å². The highest BCUT2D eigenvalue weighted by atomic mass is 32.1. The summed E-state index contributed by atoms with van der Waals surface area (Å²) >= 11 is 1.66. The van der Waals surface area contributed by atoms with Crippen LogP contribution >= 0.6 is 11.3 Å². The maximum Gasteiger partial charge on any atom is 0.133 e. The molecule has 4 rings (SSSR count). The van der Waals surface area contributed by atoms with Gasteiger partial charge < -0.3 is 4.42 Å². The molecule has 0 fully saturated rings. The SMILES string of the molecule is c1ccc(-c2csc(-c3cccc(-c4ccco4)c3)n2)cc1. The number of benzene rings is 2. The van der Waals surface area contributed by atoms with Crippen molar-refractivity contribution >= 4 is 11.3 Å². The van der Waals surface area contributed by atoms with Crippen molar-refractivity contribution < 1.29 is 4.42 Å². The highest BCUT2D eigenvalue weighted by molar-refractivity contribution is 7.13. The van der Waals surface area contributed by atoms with Crippen LogP contribution < -0.4 is 0 Å². The van der Waals surface area contributed by atoms with E-state index in [-0.39, 0.29) is 0 Å². The molecule has 0 aliphatic rings. The highest BCUT2D eigenvalue weighted by Gasteiger charge is 2.08. The van der Waals surface area contributed by atoms with Crippen LogP contribution in [0.25, 0.3) is 33.2 Å². The van der Waals surface area contributed by atoms with E-state index in [1.807, 2.05) is 42.5 Å². The van der Waals surface area contributed by atoms with Gasteiger partial charge in [-0.3, -0.25) is 0 Å². The lowest BCUT2D eigenvalue weighted by atomic mass is 10.1. The zero-order valence-corrected chi connectivity index (χ0v) is 12.6. The van der Waals surface area contributed by atoms with Crippen LogP contribution in [0.1, 0.15) is 0 Å². The van der Waals surface area contributed by atoms with Gasteiger partial charge >= 0.3 is 0 Å². The van der Waals surface area contributed by atoms with Crippen molar-refractivity contribution in [2.24, 2.45) is 0 Å². The summed E-state index contributed by atoms with van der Waals surface area (Å²) < 4.78 is 5.47. The fourth-order valence-corrected chi connectivity index (χ4v) is 3.22. The second-order valence-electron chi connectivity index (χ2n) is 4.96. The second-order valence-corrected chi connectivity index (χ2v) is 5.82. The van der Waals surface area contributed by atoms with Gasteiger partial charge in [-0.15, -0.1) is 11.3 Å². The number of thiazole rings is 1. The summed E-state index contributed by atoms with van der Waals surface area (Å²) in [5, 5.41) is 3.12. The van der Waals surface area contributed by atoms with Crippen molar-refractivity contribution in [3.63, 3.8) is 0 Å². The molecule has 2 aromatic heterocycles. The molecule has 2 nitrogen and oxygen atoms in total. The van der Waals surface area contributed by atoms with Crippen LogP contribution in [0.3, 0.4) is 0 Å². The van der Waals surface area contributed by atoms with Gasteiger partial charge in [0.15, 0.2) is 0 Å². The van der Waals surface area contributed by atoms with Gasteiger partial charge in [0.1, 0.15) is 10.8 Å². The number of hydrogen-bond donors (Lipinski definition) is 0. The lowest BCUT2D eigenvalue weighted by Gasteiger charge is -2.00. The molecule has 0 aliphatic heterocycles. The molecule has 0 radical (unpaired) electrons. The lowest BCUT2D eigenvalue weighted by Crippen LogP contribution is -1.80. The van der Waals surface area contributed by atoms with E-state index in [4.69, 9.17) is 9.40 Å². The molecule has 22 heavy (non-hydrogen) atoms. The summed E-state index contributed by atoms with van der Waals surface area (Å²) in [6.07, 6.45) is 1.69. The van der Waals surface area contributed by atoms with Gasteiger partial charge in [-0.05, 0) is 18.2 Å². The zero-order chi connectivity index (χ0) is 14.8.